The van der Waals surface area contributed by atoms with Crippen LogP contribution in [0, 0.1) is 10.8 Å². The molecule has 5 rings (SSSR count). The molecular weight excluding hydrogens is 1000 g/mol. The minimum atomic E-state index is -4.05. The molecular formula is C59H94N4O13S. The van der Waals surface area contributed by atoms with Crippen LogP contribution in [0.25, 0.3) is 0 Å². The number of amides is 2. The van der Waals surface area contributed by atoms with Gasteiger partial charge in [-0.25, -0.2) is 18.0 Å². The average Bonchev–Trinajstić information content (AvgIpc) is 3.98. The van der Waals surface area contributed by atoms with Crippen molar-refractivity contribution in [3.05, 3.63) is 96.1 Å². The van der Waals surface area contributed by atoms with Gasteiger partial charge < -0.3 is 59.3 Å². The van der Waals surface area contributed by atoms with Crippen LogP contribution in [0.5, 0.6) is 5.75 Å². The zero-order chi connectivity index (χ0) is 57.1. The van der Waals surface area contributed by atoms with Crippen molar-refractivity contribution in [2.24, 2.45) is 10.8 Å². The van der Waals surface area contributed by atoms with Crippen molar-refractivity contribution in [1.29, 1.82) is 0 Å². The van der Waals surface area contributed by atoms with E-state index in [-0.39, 0.29) is 29.8 Å². The third-order valence-electron chi connectivity index (χ3n) is 13.3. The van der Waals surface area contributed by atoms with E-state index in [9.17, 15) is 28.2 Å². The molecule has 0 bridgehead atoms. The van der Waals surface area contributed by atoms with Crippen LogP contribution < -0.4 is 20.7 Å². The Balaban J connectivity index is 0.000000347. The second-order valence-corrected chi connectivity index (χ2v) is 26.3. The second-order valence-electron chi connectivity index (χ2n) is 24.3. The number of ether oxygens (including phenoxy) is 7. The molecule has 0 unspecified atom stereocenters. The summed E-state index contributed by atoms with van der Waals surface area (Å²) in [6, 6.07) is 24.2. The highest BCUT2D eigenvalue weighted by Crippen LogP contribution is 2.33. The van der Waals surface area contributed by atoms with E-state index in [0.29, 0.717) is 58.0 Å². The average molecular weight is 1100 g/mol. The topological polar surface area (TPSA) is 213 Å². The first-order valence-electron chi connectivity index (χ1n) is 27.2. The van der Waals surface area contributed by atoms with Gasteiger partial charge in [-0.15, -0.1) is 0 Å². The van der Waals surface area contributed by atoms with Gasteiger partial charge in [0.25, 0.3) is 0 Å². The standard InChI is InChI=1S/C33H50N2O8S.C26H44N2O5/c1-31(2,3)43-30(37)34-28(22-25-12-9-8-10-13-25)29(36)23-35(44(38,39)27-16-14-26(40-7)15-17-27)24-32(4,5)18-11-19-33(6)41-20-21-42-33;1-24(2,3)33-23(30)28-21(17-20-11-8-7-9-12-20)22(29)18-27-19-25(4,5)13-10-14-26(6)31-15-16-32-26/h8-10,12-17,28-29,36H,11,18-24H2,1-7H3,(H,34,37);7-9,11-12,21-22,27,29H,10,13-19H2,1-6H3,(H,28,30)/t28-,29+;21-,22+/m00/s1. The lowest BCUT2D eigenvalue weighted by atomic mass is 9.86. The summed E-state index contributed by atoms with van der Waals surface area (Å²) in [6.45, 7) is 26.6. The van der Waals surface area contributed by atoms with Crippen LogP contribution >= 0.6 is 0 Å². The van der Waals surface area contributed by atoms with E-state index in [0.717, 1.165) is 43.4 Å². The van der Waals surface area contributed by atoms with Crippen LogP contribution in [-0.2, 0) is 51.3 Å². The van der Waals surface area contributed by atoms with Gasteiger partial charge in [-0.2, -0.15) is 4.31 Å². The minimum absolute atomic E-state index is 0.0577. The number of aliphatic hydroxyl groups is 2. The van der Waals surface area contributed by atoms with Gasteiger partial charge in [0.1, 0.15) is 17.0 Å². The molecule has 2 saturated heterocycles. The van der Waals surface area contributed by atoms with Crippen molar-refractivity contribution in [1.82, 2.24) is 20.3 Å². The van der Waals surface area contributed by atoms with Crippen LogP contribution in [-0.4, -0.2) is 142 Å². The largest absolute Gasteiger partial charge is 0.497 e. The molecule has 3 aromatic carbocycles. The zero-order valence-electron chi connectivity index (χ0n) is 48.4. The van der Waals surface area contributed by atoms with Gasteiger partial charge in [0, 0.05) is 39.0 Å². The summed E-state index contributed by atoms with van der Waals surface area (Å²) in [5.74, 6) is -0.540. The maximum Gasteiger partial charge on any atom is 0.407 e. The van der Waals surface area contributed by atoms with Gasteiger partial charge in [0.15, 0.2) is 11.6 Å². The predicted molar refractivity (Wildman–Crippen MR) is 299 cm³/mol. The lowest BCUT2D eigenvalue weighted by Gasteiger charge is -2.35. The predicted octanol–water partition coefficient (Wildman–Crippen LogP) is 9.17. The number of methoxy groups -OCH3 is 1. The lowest BCUT2D eigenvalue weighted by Crippen LogP contribution is -2.52. The number of benzene rings is 3. The van der Waals surface area contributed by atoms with E-state index < -0.39 is 74.7 Å². The molecule has 0 saturated carbocycles. The minimum Gasteiger partial charge on any atom is -0.497 e. The first-order chi connectivity index (χ1) is 35.9. The number of aliphatic hydroxyl groups excluding tert-OH is 2. The molecule has 2 heterocycles. The molecule has 0 aliphatic carbocycles. The Kier molecular flexibility index (Phi) is 24.7. The van der Waals surface area contributed by atoms with Gasteiger partial charge in [-0.3, -0.25) is 0 Å². The van der Waals surface area contributed by atoms with Crippen molar-refractivity contribution in [2.75, 3.05) is 59.7 Å². The highest BCUT2D eigenvalue weighted by molar-refractivity contribution is 7.89. The van der Waals surface area contributed by atoms with Gasteiger partial charge >= 0.3 is 12.2 Å². The third-order valence-corrected chi connectivity index (χ3v) is 15.2. The van der Waals surface area contributed by atoms with Crippen molar-refractivity contribution in [3.8, 4) is 5.75 Å². The van der Waals surface area contributed by atoms with E-state index in [1.807, 2.05) is 109 Å². The Morgan fingerprint density at radius 1 is 0.636 bits per heavy atom. The molecule has 5 N–H and O–H groups in total. The molecule has 17 nitrogen and oxygen atoms in total. The third kappa shape index (κ3) is 24.3. The second kappa shape index (κ2) is 29.2. The van der Waals surface area contributed by atoms with E-state index in [1.165, 1.54) is 23.5 Å². The molecule has 0 spiro atoms. The first-order valence-corrected chi connectivity index (χ1v) is 28.7. The monoisotopic (exact) mass is 1100 g/mol. The summed E-state index contributed by atoms with van der Waals surface area (Å²) in [6.07, 6.45) is 2.62. The van der Waals surface area contributed by atoms with Crippen molar-refractivity contribution in [2.45, 2.75) is 186 Å². The SMILES string of the molecule is CC(C)(CCCC1(C)OCCO1)CNC[C@@H](O)[C@H](Cc1ccccc1)NC(=O)OC(C)(C)C.COc1ccc(S(=O)(=O)N(C[C@@H](O)[C@H](Cc2ccccc2)NC(=O)OC(C)(C)C)CC(C)(C)CCCC2(C)OCCO2)cc1. The number of nitrogens with zero attached hydrogens (tertiary/aromatic N) is 1. The fourth-order valence-corrected chi connectivity index (χ4v) is 10.9. The lowest BCUT2D eigenvalue weighted by molar-refractivity contribution is -0.148. The summed E-state index contributed by atoms with van der Waals surface area (Å²) in [5, 5.41) is 31.5. The molecule has 3 aromatic rings. The van der Waals surface area contributed by atoms with Crippen molar-refractivity contribution in [3.63, 3.8) is 0 Å². The van der Waals surface area contributed by atoms with Crippen molar-refractivity contribution < 1.29 is 61.4 Å². The molecule has 0 radical (unpaired) electrons. The van der Waals surface area contributed by atoms with Crippen LogP contribution in [0.15, 0.2) is 89.8 Å². The zero-order valence-corrected chi connectivity index (χ0v) is 49.3. The highest BCUT2D eigenvalue weighted by Gasteiger charge is 2.37. The number of hydrogen-bond donors (Lipinski definition) is 5. The highest BCUT2D eigenvalue weighted by atomic mass is 32.2. The van der Waals surface area contributed by atoms with E-state index in [1.54, 1.807) is 32.9 Å². The summed E-state index contributed by atoms with van der Waals surface area (Å²) in [7, 11) is -2.53. The van der Waals surface area contributed by atoms with Crippen molar-refractivity contribution >= 4 is 22.2 Å². The number of alkyl carbamates (subject to hydrolysis) is 2. The first kappa shape index (κ1) is 65.2. The number of hydrogen-bond acceptors (Lipinski definition) is 14. The maximum atomic E-state index is 14.1. The fourth-order valence-electron chi connectivity index (χ4n) is 9.22. The number of carbonyl (C=O) groups is 2. The van der Waals surface area contributed by atoms with Crippen LogP contribution in [0.1, 0.15) is 133 Å². The molecule has 2 aliphatic heterocycles. The molecule has 0 aromatic heterocycles. The van der Waals surface area contributed by atoms with Crippen LogP contribution in [0.2, 0.25) is 0 Å². The molecule has 2 amide bonds. The Morgan fingerprint density at radius 2 is 1.05 bits per heavy atom. The molecule has 77 heavy (non-hydrogen) atoms. The normalized spacial score (nSPS) is 17.4. The van der Waals surface area contributed by atoms with E-state index in [2.05, 4.69) is 29.8 Å². The summed E-state index contributed by atoms with van der Waals surface area (Å²) in [4.78, 5) is 25.3. The fraction of sp³-hybridized carbons (Fsp3) is 0.661. The smallest absolute Gasteiger partial charge is 0.407 e. The van der Waals surface area contributed by atoms with Gasteiger partial charge in [0.05, 0.1) is 62.7 Å². The Morgan fingerprint density at radius 3 is 1.47 bits per heavy atom. The number of rotatable bonds is 27. The maximum absolute atomic E-state index is 14.1. The van der Waals surface area contributed by atoms with E-state index >= 15 is 0 Å². The molecule has 434 valence electrons. The van der Waals surface area contributed by atoms with Crippen LogP contribution in [0.3, 0.4) is 0 Å². The number of sulfonamides is 1. The van der Waals surface area contributed by atoms with Crippen LogP contribution in [0.4, 0.5) is 9.59 Å². The molecule has 2 fully saturated rings. The molecule has 2 aliphatic rings. The Bertz CT molecular complexity index is 2310. The quantitative estimate of drug-likeness (QED) is 0.0482. The molecule has 18 heteroatoms. The summed E-state index contributed by atoms with van der Waals surface area (Å²) >= 11 is 0. The molecule has 4 atom stereocenters. The van der Waals surface area contributed by atoms with Gasteiger partial charge in [0.2, 0.25) is 10.0 Å². The Labute approximate surface area is 460 Å². The summed E-state index contributed by atoms with van der Waals surface area (Å²) in [5.41, 5.74) is 0.181. The Hall–Kier alpha value is -4.37. The summed E-state index contributed by atoms with van der Waals surface area (Å²) < 4.78 is 68.5. The van der Waals surface area contributed by atoms with Gasteiger partial charge in [-0.1, -0.05) is 88.4 Å². The number of carbonyl (C=O) groups excluding carboxylic acids is 2. The van der Waals surface area contributed by atoms with Gasteiger partial charge in [-0.05, 0) is 140 Å². The number of nitrogens with one attached hydrogen (secondary N) is 3. The van der Waals surface area contributed by atoms with E-state index in [4.69, 9.17) is 33.2 Å².